The molecule has 3 N–H and O–H groups in total. The lowest BCUT2D eigenvalue weighted by molar-refractivity contribution is 0.102. The van der Waals surface area contributed by atoms with Gasteiger partial charge < -0.3 is 25.3 Å². The lowest BCUT2D eigenvalue weighted by atomic mass is 10.1. The molecule has 3 aromatic carbocycles. The molecule has 46 heavy (non-hydrogen) atoms. The van der Waals surface area contributed by atoms with Crippen LogP contribution in [0.25, 0.3) is 41.6 Å². The summed E-state index contributed by atoms with van der Waals surface area (Å²) in [4.78, 5) is 30.3. The van der Waals surface area contributed by atoms with Gasteiger partial charge >= 0.3 is 0 Å². The number of carbonyl (C=O) groups is 1. The van der Waals surface area contributed by atoms with Gasteiger partial charge in [-0.1, -0.05) is 24.3 Å². The van der Waals surface area contributed by atoms with E-state index in [2.05, 4.69) is 25.3 Å². The molecule has 0 saturated carbocycles. The summed E-state index contributed by atoms with van der Waals surface area (Å²) in [6.07, 6.45) is 7.11. The van der Waals surface area contributed by atoms with Crippen LogP contribution in [0, 0.1) is 0 Å². The molecule has 0 spiro atoms. The second-order valence-corrected chi connectivity index (χ2v) is 11.9. The topological polar surface area (TPSA) is 134 Å². The second-order valence-electron chi connectivity index (χ2n) is 9.80. The maximum atomic E-state index is 12.9. The molecule has 0 aliphatic carbocycles. The van der Waals surface area contributed by atoms with E-state index in [-0.39, 0.29) is 5.91 Å². The predicted molar refractivity (Wildman–Crippen MR) is 184 cm³/mol. The van der Waals surface area contributed by atoms with Gasteiger partial charge in [0.05, 0.1) is 41.8 Å². The van der Waals surface area contributed by atoms with Crippen LogP contribution in [0.2, 0.25) is 0 Å². The number of hydrogen-bond acceptors (Lipinski definition) is 11. The maximum Gasteiger partial charge on any atom is 0.255 e. The van der Waals surface area contributed by atoms with Gasteiger partial charge in [0.15, 0.2) is 11.5 Å². The third kappa shape index (κ3) is 6.58. The number of rotatable bonds is 7. The highest BCUT2D eigenvalue weighted by Gasteiger charge is 2.17. The number of pyridine rings is 2. The van der Waals surface area contributed by atoms with Crippen LogP contribution >= 0.6 is 22.7 Å². The number of aromatic nitrogens is 4. The van der Waals surface area contributed by atoms with Crippen molar-refractivity contribution in [1.29, 1.82) is 0 Å². The second kappa shape index (κ2) is 13.6. The molecule has 230 valence electrons. The maximum absolute atomic E-state index is 12.9. The average Bonchev–Trinajstić information content (AvgIpc) is 3.73. The van der Waals surface area contributed by atoms with Crippen LogP contribution in [-0.4, -0.2) is 47.2 Å². The fourth-order valence-electron chi connectivity index (χ4n) is 4.62. The minimum Gasteiger partial charge on any atom is -0.493 e. The van der Waals surface area contributed by atoms with E-state index >= 15 is 0 Å². The molecule has 0 aliphatic heterocycles. The van der Waals surface area contributed by atoms with Gasteiger partial charge in [0, 0.05) is 52.9 Å². The molecular formula is C34H28N6O4S2. The molecule has 0 bridgehead atoms. The monoisotopic (exact) mass is 648 g/mol. The van der Waals surface area contributed by atoms with E-state index in [1.807, 2.05) is 66.9 Å². The lowest BCUT2D eigenvalue weighted by Crippen LogP contribution is -2.12. The quantitative estimate of drug-likeness (QED) is 0.168. The highest BCUT2D eigenvalue weighted by Crippen LogP contribution is 2.38. The van der Waals surface area contributed by atoms with Gasteiger partial charge in [-0.3, -0.25) is 14.8 Å². The number of benzene rings is 3. The molecule has 0 saturated heterocycles. The molecule has 0 unspecified atom stereocenters. The lowest BCUT2D eigenvalue weighted by Gasteiger charge is -2.14. The standard InChI is InChI=1S/C22H19N3O4S.C12H9N3S/c1-27-17-10-14(11-18(28-2)20(17)29-3)21(26)24-15-6-4-5-13(9-15)22-25-16-7-8-23-12-19(16)30-22;13-9-3-1-2-8(6-9)12-15-10-4-5-14-7-11(10)16-12/h4-12H,1-3H3,(H,24,26);1-7H,13H2. The molecule has 4 aromatic heterocycles. The van der Waals surface area contributed by atoms with Gasteiger partial charge in [-0.25, -0.2) is 9.97 Å². The van der Waals surface area contributed by atoms with Crippen LogP contribution in [0.3, 0.4) is 0 Å². The molecule has 7 rings (SSSR count). The normalized spacial score (nSPS) is 10.7. The third-order valence-corrected chi connectivity index (χ3v) is 8.92. The fraction of sp³-hybridized carbons (Fsp3) is 0.0882. The number of carbonyl (C=O) groups excluding carboxylic acids is 1. The van der Waals surface area contributed by atoms with Crippen molar-refractivity contribution >= 4 is 60.4 Å². The molecule has 4 heterocycles. The summed E-state index contributed by atoms with van der Waals surface area (Å²) in [5, 5.41) is 4.76. The molecule has 10 nitrogen and oxygen atoms in total. The molecule has 0 radical (unpaired) electrons. The van der Waals surface area contributed by atoms with Gasteiger partial charge in [0.2, 0.25) is 5.75 Å². The van der Waals surface area contributed by atoms with E-state index in [1.165, 1.54) is 21.3 Å². The minimum atomic E-state index is -0.292. The minimum absolute atomic E-state index is 0.292. The SMILES string of the molecule is COc1cc(C(=O)Nc2cccc(-c3nc4ccncc4s3)c2)cc(OC)c1OC.Nc1cccc(-c2nc3ccncc3s2)c1. The first-order valence-electron chi connectivity index (χ1n) is 13.9. The van der Waals surface area contributed by atoms with E-state index in [1.54, 1.807) is 53.4 Å². The van der Waals surface area contributed by atoms with Gasteiger partial charge in [0.25, 0.3) is 5.91 Å². The number of nitrogen functional groups attached to an aromatic ring is 1. The first-order chi connectivity index (χ1) is 22.4. The smallest absolute Gasteiger partial charge is 0.255 e. The Balaban J connectivity index is 0.000000194. The van der Waals surface area contributed by atoms with Crippen molar-refractivity contribution in [3.63, 3.8) is 0 Å². The zero-order valence-corrected chi connectivity index (χ0v) is 26.7. The number of hydrogen-bond donors (Lipinski definition) is 2. The van der Waals surface area contributed by atoms with Crippen molar-refractivity contribution in [2.75, 3.05) is 32.4 Å². The first-order valence-corrected chi connectivity index (χ1v) is 15.6. The summed E-state index contributed by atoms with van der Waals surface area (Å²) in [5.41, 5.74) is 11.4. The Morgan fingerprint density at radius 3 is 1.80 bits per heavy atom. The largest absolute Gasteiger partial charge is 0.493 e. The van der Waals surface area contributed by atoms with E-state index in [4.69, 9.17) is 19.9 Å². The molecule has 12 heteroatoms. The molecule has 1 amide bonds. The highest BCUT2D eigenvalue weighted by atomic mass is 32.1. The molecular weight excluding hydrogens is 621 g/mol. The number of thiazole rings is 2. The van der Waals surface area contributed by atoms with Gasteiger partial charge in [-0.15, -0.1) is 22.7 Å². The van der Waals surface area contributed by atoms with Crippen molar-refractivity contribution in [3.05, 3.63) is 103 Å². The predicted octanol–water partition coefficient (Wildman–Crippen LogP) is 7.58. The fourth-order valence-corrected chi connectivity index (χ4v) is 6.48. The van der Waals surface area contributed by atoms with E-state index in [9.17, 15) is 4.79 Å². The van der Waals surface area contributed by atoms with Crippen molar-refractivity contribution in [3.8, 4) is 38.4 Å². The Kier molecular flexibility index (Phi) is 8.99. The number of ether oxygens (including phenoxy) is 3. The Morgan fingerprint density at radius 2 is 1.28 bits per heavy atom. The van der Waals surface area contributed by atoms with Gasteiger partial charge in [-0.2, -0.15) is 0 Å². The number of methoxy groups -OCH3 is 3. The summed E-state index contributed by atoms with van der Waals surface area (Å²) in [6.45, 7) is 0. The van der Waals surface area contributed by atoms with Crippen LogP contribution in [0.4, 0.5) is 11.4 Å². The van der Waals surface area contributed by atoms with E-state index in [0.29, 0.717) is 28.5 Å². The summed E-state index contributed by atoms with van der Waals surface area (Å²) in [6, 6.07) is 22.3. The average molecular weight is 649 g/mol. The molecule has 0 fully saturated rings. The Morgan fingerprint density at radius 1 is 0.717 bits per heavy atom. The summed E-state index contributed by atoms with van der Waals surface area (Å²) in [5.74, 6) is 0.974. The zero-order chi connectivity index (χ0) is 32.0. The van der Waals surface area contributed by atoms with Crippen LogP contribution in [0.5, 0.6) is 17.2 Å². The zero-order valence-electron chi connectivity index (χ0n) is 25.1. The summed E-state index contributed by atoms with van der Waals surface area (Å²) in [7, 11) is 4.54. The van der Waals surface area contributed by atoms with Crippen LogP contribution in [0.1, 0.15) is 10.4 Å². The number of nitrogens with zero attached hydrogens (tertiary/aromatic N) is 4. The van der Waals surface area contributed by atoms with E-state index in [0.717, 1.165) is 47.3 Å². The molecule has 7 aromatic rings. The number of fused-ring (bicyclic) bond motifs is 2. The van der Waals surface area contributed by atoms with Crippen molar-refractivity contribution in [1.82, 2.24) is 19.9 Å². The van der Waals surface area contributed by atoms with Crippen molar-refractivity contribution in [2.24, 2.45) is 0 Å². The summed E-state index contributed by atoms with van der Waals surface area (Å²) >= 11 is 3.18. The van der Waals surface area contributed by atoms with Crippen molar-refractivity contribution < 1.29 is 19.0 Å². The Hall–Kier alpha value is -5.59. The number of amides is 1. The third-order valence-electron chi connectivity index (χ3n) is 6.81. The number of nitrogens with two attached hydrogens (primary N) is 1. The Labute approximate surface area is 272 Å². The number of nitrogens with one attached hydrogen (secondary N) is 1. The summed E-state index contributed by atoms with van der Waals surface area (Å²) < 4.78 is 18.1. The highest BCUT2D eigenvalue weighted by molar-refractivity contribution is 7.22. The molecule has 0 atom stereocenters. The van der Waals surface area contributed by atoms with E-state index < -0.39 is 0 Å². The van der Waals surface area contributed by atoms with Crippen LogP contribution in [-0.2, 0) is 0 Å². The first kappa shape index (κ1) is 30.4. The van der Waals surface area contributed by atoms with Crippen LogP contribution in [0.15, 0.2) is 97.6 Å². The molecule has 0 aliphatic rings. The number of anilines is 2. The van der Waals surface area contributed by atoms with Crippen LogP contribution < -0.4 is 25.3 Å². The van der Waals surface area contributed by atoms with Gasteiger partial charge in [-0.05, 0) is 48.5 Å². The van der Waals surface area contributed by atoms with Gasteiger partial charge in [0.1, 0.15) is 10.0 Å². The Bertz CT molecular complexity index is 2070. The van der Waals surface area contributed by atoms with Crippen molar-refractivity contribution in [2.45, 2.75) is 0 Å².